The van der Waals surface area contributed by atoms with Crippen LogP contribution in [-0.2, 0) is 20.3 Å². The SMILES string of the molecule is Cc1nn(C)c(COc2cc(F)cc(CO)c2)c1Br. The minimum Gasteiger partial charge on any atom is -0.487 e. The van der Waals surface area contributed by atoms with Gasteiger partial charge in [-0.05, 0) is 40.5 Å². The first-order valence-corrected chi connectivity index (χ1v) is 6.51. The molecule has 0 saturated carbocycles. The van der Waals surface area contributed by atoms with Crippen molar-refractivity contribution in [3.05, 3.63) is 45.4 Å². The second-order valence-corrected chi connectivity index (χ2v) is 5.00. The van der Waals surface area contributed by atoms with E-state index in [1.807, 2.05) is 14.0 Å². The topological polar surface area (TPSA) is 47.3 Å². The van der Waals surface area contributed by atoms with E-state index in [0.717, 1.165) is 15.9 Å². The number of rotatable bonds is 4. The number of halogens is 2. The number of aryl methyl sites for hydroxylation is 2. The van der Waals surface area contributed by atoms with Gasteiger partial charge in [0.2, 0.25) is 0 Å². The second kappa shape index (κ2) is 5.71. The van der Waals surface area contributed by atoms with Crippen molar-refractivity contribution in [1.82, 2.24) is 9.78 Å². The molecule has 19 heavy (non-hydrogen) atoms. The highest BCUT2D eigenvalue weighted by atomic mass is 79.9. The molecule has 0 atom stereocenters. The van der Waals surface area contributed by atoms with Crippen LogP contribution in [-0.4, -0.2) is 14.9 Å². The van der Waals surface area contributed by atoms with E-state index in [1.54, 1.807) is 10.7 Å². The van der Waals surface area contributed by atoms with Gasteiger partial charge in [0.1, 0.15) is 18.2 Å². The molecule has 0 fully saturated rings. The van der Waals surface area contributed by atoms with Crippen molar-refractivity contribution in [2.45, 2.75) is 20.1 Å². The summed E-state index contributed by atoms with van der Waals surface area (Å²) in [5.41, 5.74) is 2.22. The van der Waals surface area contributed by atoms with Crippen molar-refractivity contribution in [1.29, 1.82) is 0 Å². The van der Waals surface area contributed by atoms with Gasteiger partial charge in [-0.15, -0.1) is 0 Å². The van der Waals surface area contributed by atoms with Crippen LogP contribution in [0.5, 0.6) is 5.75 Å². The Morgan fingerprint density at radius 3 is 2.74 bits per heavy atom. The van der Waals surface area contributed by atoms with Crippen LogP contribution in [0.15, 0.2) is 22.7 Å². The molecule has 6 heteroatoms. The molecule has 2 aromatic rings. The van der Waals surface area contributed by atoms with Gasteiger partial charge in [-0.3, -0.25) is 4.68 Å². The van der Waals surface area contributed by atoms with E-state index in [-0.39, 0.29) is 13.2 Å². The predicted octanol–water partition coefficient (Wildman–Crippen LogP) is 2.70. The minimum atomic E-state index is -0.429. The van der Waals surface area contributed by atoms with Gasteiger partial charge in [0, 0.05) is 13.1 Å². The molecule has 0 radical (unpaired) electrons. The summed E-state index contributed by atoms with van der Waals surface area (Å²) in [6, 6.07) is 4.17. The van der Waals surface area contributed by atoms with Gasteiger partial charge in [-0.2, -0.15) is 5.10 Å². The Morgan fingerprint density at radius 1 is 1.42 bits per heavy atom. The average Bonchev–Trinajstić information content (AvgIpc) is 2.60. The van der Waals surface area contributed by atoms with Gasteiger partial charge in [-0.25, -0.2) is 4.39 Å². The molecule has 0 aliphatic rings. The molecule has 0 saturated heterocycles. The molecule has 1 aromatic carbocycles. The van der Waals surface area contributed by atoms with Crippen LogP contribution in [0.3, 0.4) is 0 Å². The van der Waals surface area contributed by atoms with E-state index in [4.69, 9.17) is 9.84 Å². The van der Waals surface area contributed by atoms with Gasteiger partial charge >= 0.3 is 0 Å². The number of hydrogen-bond donors (Lipinski definition) is 1. The lowest BCUT2D eigenvalue weighted by Crippen LogP contribution is -2.04. The number of aliphatic hydroxyl groups excluding tert-OH is 1. The van der Waals surface area contributed by atoms with E-state index < -0.39 is 5.82 Å². The summed E-state index contributed by atoms with van der Waals surface area (Å²) >= 11 is 3.44. The van der Waals surface area contributed by atoms with E-state index in [0.29, 0.717) is 11.3 Å². The van der Waals surface area contributed by atoms with Crippen LogP contribution in [0.4, 0.5) is 4.39 Å². The third kappa shape index (κ3) is 3.13. The Bertz CT molecular complexity index is 599. The first kappa shape index (κ1) is 14.0. The Hall–Kier alpha value is -1.40. The van der Waals surface area contributed by atoms with Crippen LogP contribution >= 0.6 is 15.9 Å². The summed E-state index contributed by atoms with van der Waals surface area (Å²) in [5.74, 6) is -0.0448. The van der Waals surface area contributed by atoms with E-state index in [2.05, 4.69) is 21.0 Å². The Kier molecular flexibility index (Phi) is 4.21. The molecular weight excluding hydrogens is 315 g/mol. The van der Waals surface area contributed by atoms with Crippen molar-refractivity contribution in [2.24, 2.45) is 7.05 Å². The maximum Gasteiger partial charge on any atom is 0.131 e. The highest BCUT2D eigenvalue weighted by Gasteiger charge is 2.11. The predicted molar refractivity (Wildman–Crippen MR) is 72.3 cm³/mol. The molecule has 4 nitrogen and oxygen atoms in total. The molecule has 0 unspecified atom stereocenters. The van der Waals surface area contributed by atoms with Crippen LogP contribution in [0.2, 0.25) is 0 Å². The van der Waals surface area contributed by atoms with Crippen molar-refractivity contribution in [3.8, 4) is 5.75 Å². The lowest BCUT2D eigenvalue weighted by atomic mass is 10.2. The van der Waals surface area contributed by atoms with Gasteiger partial charge in [0.25, 0.3) is 0 Å². The molecule has 0 aliphatic carbocycles. The number of ether oxygens (including phenoxy) is 1. The first-order chi connectivity index (χ1) is 9.01. The van der Waals surface area contributed by atoms with Crippen LogP contribution in [0, 0.1) is 12.7 Å². The Balaban J connectivity index is 2.16. The third-order valence-corrected chi connectivity index (χ3v) is 3.78. The molecule has 2 rings (SSSR count). The third-order valence-electron chi connectivity index (χ3n) is 2.75. The normalized spacial score (nSPS) is 10.8. The molecule has 102 valence electrons. The van der Waals surface area contributed by atoms with Crippen LogP contribution in [0.25, 0.3) is 0 Å². The van der Waals surface area contributed by atoms with Crippen molar-refractivity contribution in [2.75, 3.05) is 0 Å². The maximum atomic E-state index is 13.3. The largest absolute Gasteiger partial charge is 0.487 e. The number of aliphatic hydroxyl groups is 1. The number of aromatic nitrogens is 2. The standard InChI is InChI=1S/C13H14BrFN2O2/c1-8-13(14)12(17(2)16-8)7-19-11-4-9(6-18)3-10(15)5-11/h3-5,18H,6-7H2,1-2H3. The number of hydrogen-bond acceptors (Lipinski definition) is 3. The molecule has 1 N–H and O–H groups in total. The summed E-state index contributed by atoms with van der Waals surface area (Å²) in [7, 11) is 1.82. The zero-order valence-electron chi connectivity index (χ0n) is 10.7. The summed E-state index contributed by atoms with van der Waals surface area (Å²) in [4.78, 5) is 0. The molecule has 1 heterocycles. The van der Waals surface area contributed by atoms with Gasteiger partial charge in [-0.1, -0.05) is 0 Å². The average molecular weight is 329 g/mol. The van der Waals surface area contributed by atoms with Crippen molar-refractivity contribution in [3.63, 3.8) is 0 Å². The monoisotopic (exact) mass is 328 g/mol. The highest BCUT2D eigenvalue weighted by Crippen LogP contribution is 2.23. The van der Waals surface area contributed by atoms with Crippen LogP contribution < -0.4 is 4.74 Å². The molecule has 0 spiro atoms. The molecule has 1 aromatic heterocycles. The van der Waals surface area contributed by atoms with Crippen molar-refractivity contribution >= 4 is 15.9 Å². The van der Waals surface area contributed by atoms with E-state index in [1.165, 1.54) is 12.1 Å². The molecular formula is C13H14BrFN2O2. The summed E-state index contributed by atoms with van der Waals surface area (Å²) in [5, 5.41) is 13.3. The zero-order chi connectivity index (χ0) is 14.0. The van der Waals surface area contributed by atoms with E-state index in [9.17, 15) is 4.39 Å². The number of benzene rings is 1. The Labute approximate surface area is 118 Å². The zero-order valence-corrected chi connectivity index (χ0v) is 12.2. The lowest BCUT2D eigenvalue weighted by molar-refractivity contribution is 0.274. The smallest absolute Gasteiger partial charge is 0.131 e. The number of nitrogens with zero attached hydrogens (tertiary/aromatic N) is 2. The molecule has 0 amide bonds. The fourth-order valence-electron chi connectivity index (χ4n) is 1.78. The fourth-order valence-corrected chi connectivity index (χ4v) is 2.23. The van der Waals surface area contributed by atoms with Gasteiger partial charge in [0.15, 0.2) is 0 Å². The lowest BCUT2D eigenvalue weighted by Gasteiger charge is -2.08. The Morgan fingerprint density at radius 2 is 2.16 bits per heavy atom. The fraction of sp³-hybridized carbons (Fsp3) is 0.308. The molecule has 0 bridgehead atoms. The van der Waals surface area contributed by atoms with Crippen LogP contribution in [0.1, 0.15) is 17.0 Å². The summed E-state index contributed by atoms with van der Waals surface area (Å²) < 4.78 is 21.4. The first-order valence-electron chi connectivity index (χ1n) is 5.72. The summed E-state index contributed by atoms with van der Waals surface area (Å²) in [6.45, 7) is 1.94. The second-order valence-electron chi connectivity index (χ2n) is 4.21. The van der Waals surface area contributed by atoms with E-state index >= 15 is 0 Å². The molecule has 0 aliphatic heterocycles. The quantitative estimate of drug-likeness (QED) is 0.938. The van der Waals surface area contributed by atoms with Gasteiger partial charge < -0.3 is 9.84 Å². The highest BCUT2D eigenvalue weighted by molar-refractivity contribution is 9.10. The maximum absolute atomic E-state index is 13.3. The van der Waals surface area contributed by atoms with Crippen molar-refractivity contribution < 1.29 is 14.2 Å². The van der Waals surface area contributed by atoms with Gasteiger partial charge in [0.05, 0.1) is 22.5 Å². The minimum absolute atomic E-state index is 0.220. The summed E-state index contributed by atoms with van der Waals surface area (Å²) in [6.07, 6.45) is 0.